The Labute approximate surface area is 109 Å². The van der Waals surface area contributed by atoms with Crippen molar-refractivity contribution in [3.63, 3.8) is 0 Å². The van der Waals surface area contributed by atoms with Gasteiger partial charge in [0.15, 0.2) is 0 Å². The largest absolute Gasteiger partial charge is 0.298 e. The van der Waals surface area contributed by atoms with Gasteiger partial charge in [-0.05, 0) is 52.8 Å². The molecule has 0 aromatic carbocycles. The van der Waals surface area contributed by atoms with Gasteiger partial charge in [-0.1, -0.05) is 6.42 Å². The molecule has 0 spiro atoms. The third-order valence-corrected chi connectivity index (χ3v) is 4.82. The van der Waals surface area contributed by atoms with Gasteiger partial charge in [-0.3, -0.25) is 4.90 Å². The fourth-order valence-electron chi connectivity index (χ4n) is 2.45. The highest BCUT2D eigenvalue weighted by atomic mass is 79.9. The van der Waals surface area contributed by atoms with Crippen LogP contribution in [0.25, 0.3) is 0 Å². The normalized spacial score (nSPS) is 24.9. The lowest BCUT2D eigenvalue weighted by Crippen LogP contribution is -2.33. The number of nitrogens with zero attached hydrogens (tertiary/aromatic N) is 2. The maximum absolute atomic E-state index is 9.07. The first kappa shape index (κ1) is 12.1. The van der Waals surface area contributed by atoms with Crippen molar-refractivity contribution < 1.29 is 0 Å². The first-order valence-electron chi connectivity index (χ1n) is 5.53. The summed E-state index contributed by atoms with van der Waals surface area (Å²) in [5.74, 6) is 0.229. The number of hydrogen-bond acceptors (Lipinski definition) is 3. The first-order chi connectivity index (χ1) is 7.70. The van der Waals surface area contributed by atoms with Gasteiger partial charge in [-0.15, -0.1) is 11.3 Å². The topological polar surface area (TPSA) is 27.0 Å². The second-order valence-electron chi connectivity index (χ2n) is 4.41. The van der Waals surface area contributed by atoms with E-state index in [0.717, 1.165) is 13.0 Å². The number of thiophene rings is 1. The minimum Gasteiger partial charge on any atom is -0.298 e. The summed E-state index contributed by atoms with van der Waals surface area (Å²) in [4.78, 5) is 2.33. The minimum atomic E-state index is 0.229. The van der Waals surface area contributed by atoms with E-state index in [9.17, 15) is 0 Å². The summed E-state index contributed by atoms with van der Waals surface area (Å²) in [5.41, 5.74) is 1.34. The molecule has 2 unspecified atom stereocenters. The molecule has 86 valence electrons. The molecule has 2 rings (SSSR count). The molecule has 1 aliphatic rings. The van der Waals surface area contributed by atoms with Crippen molar-refractivity contribution in [1.29, 1.82) is 5.26 Å². The molecule has 2 atom stereocenters. The molecule has 16 heavy (non-hydrogen) atoms. The van der Waals surface area contributed by atoms with Crippen LogP contribution in [0.5, 0.6) is 0 Å². The average molecular weight is 299 g/mol. The van der Waals surface area contributed by atoms with Crippen molar-refractivity contribution in [3.05, 3.63) is 20.8 Å². The zero-order chi connectivity index (χ0) is 11.5. The van der Waals surface area contributed by atoms with Crippen LogP contribution in [-0.4, -0.2) is 18.0 Å². The van der Waals surface area contributed by atoms with Crippen LogP contribution in [0.1, 0.15) is 24.8 Å². The van der Waals surface area contributed by atoms with Gasteiger partial charge in [0.05, 0.1) is 15.8 Å². The molecule has 1 fully saturated rings. The molecule has 1 aromatic rings. The lowest BCUT2D eigenvalue weighted by molar-refractivity contribution is 0.212. The van der Waals surface area contributed by atoms with Gasteiger partial charge in [0.25, 0.3) is 0 Å². The molecule has 0 radical (unpaired) electrons. The number of nitriles is 1. The summed E-state index contributed by atoms with van der Waals surface area (Å²) in [6, 6.07) is 5.05. The average Bonchev–Trinajstić information content (AvgIpc) is 2.86. The van der Waals surface area contributed by atoms with E-state index < -0.39 is 0 Å². The van der Waals surface area contributed by atoms with Gasteiger partial charge in [-0.25, -0.2) is 0 Å². The highest BCUT2D eigenvalue weighted by molar-refractivity contribution is 9.11. The Hall–Kier alpha value is -0.370. The second-order valence-corrected chi connectivity index (χ2v) is 6.70. The van der Waals surface area contributed by atoms with Crippen LogP contribution in [0.3, 0.4) is 0 Å². The summed E-state index contributed by atoms with van der Waals surface area (Å²) in [6.45, 7) is 0.949. The Bertz CT molecular complexity index is 396. The molecule has 0 bridgehead atoms. The van der Waals surface area contributed by atoms with Gasteiger partial charge in [0.2, 0.25) is 0 Å². The summed E-state index contributed by atoms with van der Waals surface area (Å²) < 4.78 is 1.18. The van der Waals surface area contributed by atoms with E-state index in [-0.39, 0.29) is 5.92 Å². The zero-order valence-corrected chi connectivity index (χ0v) is 11.7. The van der Waals surface area contributed by atoms with Gasteiger partial charge < -0.3 is 0 Å². The number of halogens is 1. The van der Waals surface area contributed by atoms with Crippen molar-refractivity contribution in [3.8, 4) is 6.07 Å². The van der Waals surface area contributed by atoms with E-state index in [2.05, 4.69) is 45.4 Å². The Morgan fingerprint density at radius 1 is 1.62 bits per heavy atom. The SMILES string of the molecule is CN(Cc1csc(Br)c1)C1CCCC1C#N. The van der Waals surface area contributed by atoms with Gasteiger partial charge in [-0.2, -0.15) is 5.26 Å². The van der Waals surface area contributed by atoms with Gasteiger partial charge >= 0.3 is 0 Å². The number of hydrogen-bond donors (Lipinski definition) is 0. The summed E-state index contributed by atoms with van der Waals surface area (Å²) in [7, 11) is 2.13. The van der Waals surface area contributed by atoms with Gasteiger partial charge in [0.1, 0.15) is 0 Å². The van der Waals surface area contributed by atoms with Crippen molar-refractivity contribution in [1.82, 2.24) is 4.90 Å². The van der Waals surface area contributed by atoms with E-state index >= 15 is 0 Å². The standard InChI is InChI=1S/C12H15BrN2S/c1-15(7-9-5-12(13)16-8-9)11-4-2-3-10(11)6-14/h5,8,10-11H,2-4,7H2,1H3. The Kier molecular flexibility index (Phi) is 4.01. The molecular weight excluding hydrogens is 284 g/mol. The van der Waals surface area contributed by atoms with E-state index in [1.54, 1.807) is 11.3 Å². The molecule has 1 heterocycles. The predicted molar refractivity (Wildman–Crippen MR) is 70.2 cm³/mol. The van der Waals surface area contributed by atoms with E-state index in [4.69, 9.17) is 5.26 Å². The van der Waals surface area contributed by atoms with Crippen LogP contribution in [0.4, 0.5) is 0 Å². The predicted octanol–water partition coefficient (Wildman–Crippen LogP) is 3.63. The minimum absolute atomic E-state index is 0.229. The molecule has 2 nitrogen and oxygen atoms in total. The van der Waals surface area contributed by atoms with Gasteiger partial charge in [0, 0.05) is 12.6 Å². The zero-order valence-electron chi connectivity index (χ0n) is 9.32. The Morgan fingerprint density at radius 2 is 2.44 bits per heavy atom. The third-order valence-electron chi connectivity index (χ3n) is 3.27. The van der Waals surface area contributed by atoms with Crippen molar-refractivity contribution in [2.75, 3.05) is 7.05 Å². The molecule has 0 saturated heterocycles. The molecule has 0 amide bonds. The molecule has 1 aliphatic carbocycles. The molecule has 0 N–H and O–H groups in total. The third kappa shape index (κ3) is 2.65. The van der Waals surface area contributed by atoms with Crippen molar-refractivity contribution in [2.24, 2.45) is 5.92 Å². The van der Waals surface area contributed by atoms with Crippen LogP contribution in [0.15, 0.2) is 15.2 Å². The summed E-state index contributed by atoms with van der Waals surface area (Å²) >= 11 is 5.20. The summed E-state index contributed by atoms with van der Waals surface area (Å²) in [6.07, 6.45) is 3.43. The van der Waals surface area contributed by atoms with Crippen LogP contribution >= 0.6 is 27.3 Å². The maximum atomic E-state index is 9.07. The molecule has 1 saturated carbocycles. The van der Waals surface area contributed by atoms with Crippen LogP contribution in [-0.2, 0) is 6.54 Å². The highest BCUT2D eigenvalue weighted by Crippen LogP contribution is 2.30. The van der Waals surface area contributed by atoms with Crippen molar-refractivity contribution in [2.45, 2.75) is 31.8 Å². The van der Waals surface area contributed by atoms with E-state index in [1.807, 2.05) is 0 Å². The second kappa shape index (κ2) is 5.31. The fourth-order valence-corrected chi connectivity index (χ4v) is 3.65. The lowest BCUT2D eigenvalue weighted by atomic mass is 10.0. The maximum Gasteiger partial charge on any atom is 0.0701 e. The van der Waals surface area contributed by atoms with Crippen molar-refractivity contribution >= 4 is 27.3 Å². The fraction of sp³-hybridized carbons (Fsp3) is 0.583. The molecule has 1 aromatic heterocycles. The highest BCUT2D eigenvalue weighted by Gasteiger charge is 2.30. The molecule has 0 aliphatic heterocycles. The Balaban J connectivity index is 1.98. The van der Waals surface area contributed by atoms with Crippen LogP contribution < -0.4 is 0 Å². The lowest BCUT2D eigenvalue weighted by Gasteiger charge is -2.26. The summed E-state index contributed by atoms with van der Waals surface area (Å²) in [5, 5.41) is 11.3. The van der Waals surface area contributed by atoms with E-state index in [0.29, 0.717) is 6.04 Å². The quantitative estimate of drug-likeness (QED) is 0.852. The molecule has 4 heteroatoms. The smallest absolute Gasteiger partial charge is 0.0701 e. The monoisotopic (exact) mass is 298 g/mol. The van der Waals surface area contributed by atoms with E-state index in [1.165, 1.54) is 22.2 Å². The molecular formula is C12H15BrN2S. The van der Waals surface area contributed by atoms with Crippen LogP contribution in [0, 0.1) is 17.2 Å². The Morgan fingerprint density at radius 3 is 3.06 bits per heavy atom. The first-order valence-corrected chi connectivity index (χ1v) is 7.20. The van der Waals surface area contributed by atoms with Crippen LogP contribution in [0.2, 0.25) is 0 Å². The number of rotatable bonds is 3.